The average Bonchev–Trinajstić information content (AvgIpc) is 1.14. The minimum atomic E-state index is -5.12. The molecule has 0 aromatic rings. The first-order chi connectivity index (χ1) is 3.71. The highest BCUT2D eigenvalue weighted by atomic mass is 32.3. The van der Waals surface area contributed by atoms with Crippen molar-refractivity contribution < 1.29 is 32.4 Å². The molecule has 0 saturated heterocycles. The second-order valence-corrected chi connectivity index (χ2v) is 3.18. The van der Waals surface area contributed by atoms with Crippen molar-refractivity contribution in [3.8, 4) is 0 Å². The predicted octanol–water partition coefficient (Wildman–Crippen LogP) is -0.899. The Balaban J connectivity index is -0.000000320. The summed E-state index contributed by atoms with van der Waals surface area (Å²) in [5, 5.41) is 0. The zero-order valence-corrected chi connectivity index (χ0v) is 5.39. The predicted molar refractivity (Wildman–Crippen MR) is 28.4 cm³/mol. The molecule has 60 valence electrons. The van der Waals surface area contributed by atoms with Gasteiger partial charge in [-0.3, -0.25) is 9.11 Å². The highest BCUT2D eigenvalue weighted by Gasteiger charge is 2.15. The Morgan fingerprint density at radius 1 is 1.00 bits per heavy atom. The van der Waals surface area contributed by atoms with Crippen LogP contribution in [0.5, 0.6) is 0 Å². The highest BCUT2D eigenvalue weighted by molar-refractivity contribution is 7.94. The summed E-state index contributed by atoms with van der Waals surface area (Å²) in [5.74, 6) is 0. The van der Waals surface area contributed by atoms with E-state index in [4.69, 9.17) is 9.11 Å². The monoisotopic (exact) mass is 182 g/mol. The fourth-order valence-corrected chi connectivity index (χ4v) is 0.978. The van der Waals surface area contributed by atoms with Gasteiger partial charge in [-0.1, -0.05) is 0 Å². The van der Waals surface area contributed by atoms with Crippen LogP contribution in [-0.4, -0.2) is 25.9 Å². The Bertz CT molecular complexity index is 240. The van der Waals surface area contributed by atoms with E-state index in [1.165, 1.54) is 0 Å². The Morgan fingerprint density at radius 2 is 1.22 bits per heavy atom. The van der Waals surface area contributed by atoms with Crippen LogP contribution in [0.2, 0.25) is 0 Å². The number of hydrogen-bond acceptors (Lipinski definition) is 5. The Hall–Kier alpha value is -0.220. The van der Waals surface area contributed by atoms with Gasteiger partial charge >= 0.3 is 20.8 Å². The molecular weight excluding hydrogens is 176 g/mol. The van der Waals surface area contributed by atoms with Crippen LogP contribution in [0, 0.1) is 0 Å². The molecular formula is H6O7S2. The van der Waals surface area contributed by atoms with Crippen molar-refractivity contribution in [2.45, 2.75) is 0 Å². The summed E-state index contributed by atoms with van der Waals surface area (Å²) < 4.78 is 55.6. The Kier molecular flexibility index (Phi) is 2.14. The van der Waals surface area contributed by atoms with Crippen LogP contribution in [0.4, 0.5) is 0 Å². The SMILES string of the molecule is O=S(=O)(O)OS(=O)(=O)O.[HH].[HH]. The Morgan fingerprint density at radius 3 is 1.22 bits per heavy atom. The van der Waals surface area contributed by atoms with Crippen LogP contribution in [0.25, 0.3) is 0 Å². The third-order valence-corrected chi connectivity index (χ3v) is 1.55. The van der Waals surface area contributed by atoms with Gasteiger partial charge in [0.15, 0.2) is 0 Å². The zero-order valence-electron chi connectivity index (χ0n) is 3.75. The number of hydrogen-bond donors (Lipinski definition) is 2. The molecule has 0 rings (SSSR count). The van der Waals surface area contributed by atoms with Crippen molar-refractivity contribution in [1.29, 1.82) is 0 Å². The van der Waals surface area contributed by atoms with Gasteiger partial charge in [0.05, 0.1) is 0 Å². The lowest BCUT2D eigenvalue weighted by atomic mass is 15.8. The van der Waals surface area contributed by atoms with Crippen molar-refractivity contribution in [2.24, 2.45) is 0 Å². The summed E-state index contributed by atoms with van der Waals surface area (Å²) in [7, 11) is -10.2. The maximum atomic E-state index is 9.44. The summed E-state index contributed by atoms with van der Waals surface area (Å²) >= 11 is 0. The largest absolute Gasteiger partial charge is 0.413 e. The van der Waals surface area contributed by atoms with Gasteiger partial charge in [0.25, 0.3) is 0 Å². The van der Waals surface area contributed by atoms with Crippen LogP contribution in [0.3, 0.4) is 0 Å². The normalized spacial score (nSPS) is 13.6. The molecule has 0 aromatic carbocycles. The van der Waals surface area contributed by atoms with Crippen molar-refractivity contribution in [2.75, 3.05) is 0 Å². The van der Waals surface area contributed by atoms with Crippen molar-refractivity contribution in [1.82, 2.24) is 0 Å². The van der Waals surface area contributed by atoms with E-state index in [-0.39, 0.29) is 2.85 Å². The van der Waals surface area contributed by atoms with E-state index in [2.05, 4.69) is 3.63 Å². The first-order valence-corrected chi connectivity index (χ1v) is 4.10. The number of rotatable bonds is 2. The third kappa shape index (κ3) is 7.78. The Labute approximate surface area is 54.1 Å². The molecule has 0 fully saturated rings. The molecule has 0 spiro atoms. The molecule has 0 aliphatic rings. The van der Waals surface area contributed by atoms with Crippen LogP contribution < -0.4 is 0 Å². The summed E-state index contributed by atoms with van der Waals surface area (Å²) in [6.45, 7) is 0. The molecule has 2 N–H and O–H groups in total. The third-order valence-electron chi connectivity index (χ3n) is 0.172. The van der Waals surface area contributed by atoms with Crippen molar-refractivity contribution in [3.63, 3.8) is 0 Å². The van der Waals surface area contributed by atoms with E-state index in [1.54, 1.807) is 0 Å². The first kappa shape index (κ1) is 8.78. The summed E-state index contributed by atoms with van der Waals surface area (Å²) in [5.41, 5.74) is 0. The first-order valence-electron chi connectivity index (χ1n) is 1.37. The van der Waals surface area contributed by atoms with Gasteiger partial charge in [-0.2, -0.15) is 16.8 Å². The summed E-state index contributed by atoms with van der Waals surface area (Å²) in [6, 6.07) is 0. The van der Waals surface area contributed by atoms with Gasteiger partial charge in [-0.25, -0.2) is 0 Å². The zero-order chi connectivity index (χ0) is 7.71. The second-order valence-electron chi connectivity index (χ2n) is 0.924. The second kappa shape index (κ2) is 2.19. The quantitative estimate of drug-likeness (QED) is 0.531. The smallest absolute Gasteiger partial charge is 0.263 e. The summed E-state index contributed by atoms with van der Waals surface area (Å²) in [4.78, 5) is 0. The molecule has 0 unspecified atom stereocenters. The van der Waals surface area contributed by atoms with Crippen LogP contribution in [0.1, 0.15) is 2.85 Å². The standard InChI is InChI=1S/H2O7S2.2H2/c1-8(2,3)7-9(4,5)6;;/h(H,1,2,3)(H,4,5,6);2*1H. The van der Waals surface area contributed by atoms with Gasteiger partial charge in [0, 0.05) is 2.85 Å². The highest BCUT2D eigenvalue weighted by Crippen LogP contribution is 1.91. The van der Waals surface area contributed by atoms with Gasteiger partial charge in [-0.05, 0) is 0 Å². The van der Waals surface area contributed by atoms with Crippen LogP contribution in [0.15, 0.2) is 0 Å². The van der Waals surface area contributed by atoms with Gasteiger partial charge < -0.3 is 0 Å². The minimum Gasteiger partial charge on any atom is -0.263 e. The molecule has 0 aromatic heterocycles. The van der Waals surface area contributed by atoms with Gasteiger partial charge in [0.1, 0.15) is 0 Å². The van der Waals surface area contributed by atoms with E-state index in [0.717, 1.165) is 0 Å². The average molecular weight is 182 g/mol. The molecule has 7 nitrogen and oxygen atoms in total. The lowest BCUT2D eigenvalue weighted by molar-refractivity contribution is 0.344. The summed E-state index contributed by atoms with van der Waals surface area (Å²) in [6.07, 6.45) is 0. The molecule has 9 heteroatoms. The van der Waals surface area contributed by atoms with Gasteiger partial charge in [0.2, 0.25) is 0 Å². The van der Waals surface area contributed by atoms with E-state index in [9.17, 15) is 16.8 Å². The molecule has 0 aliphatic carbocycles. The topological polar surface area (TPSA) is 118 Å². The fraction of sp³-hybridized carbons (Fsp3) is 0. The molecule has 0 saturated carbocycles. The molecule has 0 bridgehead atoms. The lowest BCUT2D eigenvalue weighted by Crippen LogP contribution is -2.10. The van der Waals surface area contributed by atoms with E-state index in [0.29, 0.717) is 0 Å². The van der Waals surface area contributed by atoms with Crippen LogP contribution >= 0.6 is 0 Å². The molecule has 9 heavy (non-hydrogen) atoms. The van der Waals surface area contributed by atoms with Crippen molar-refractivity contribution in [3.05, 3.63) is 0 Å². The van der Waals surface area contributed by atoms with E-state index >= 15 is 0 Å². The van der Waals surface area contributed by atoms with Crippen molar-refractivity contribution >= 4 is 20.8 Å². The molecule has 0 radical (unpaired) electrons. The fourth-order valence-electron chi connectivity index (χ4n) is 0.109. The maximum Gasteiger partial charge on any atom is 0.413 e. The molecule has 0 heterocycles. The molecule has 0 atom stereocenters. The van der Waals surface area contributed by atoms with Gasteiger partial charge in [-0.15, -0.1) is 3.63 Å². The minimum absolute atomic E-state index is 0. The molecule has 0 amide bonds. The molecule has 0 aliphatic heterocycles. The van der Waals surface area contributed by atoms with Crippen LogP contribution in [-0.2, 0) is 24.4 Å². The van der Waals surface area contributed by atoms with E-state index < -0.39 is 20.8 Å². The van der Waals surface area contributed by atoms with E-state index in [1.807, 2.05) is 0 Å². The maximum absolute atomic E-state index is 9.44. The lowest BCUT2D eigenvalue weighted by Gasteiger charge is -1.89.